The fourth-order valence-corrected chi connectivity index (χ4v) is 5.29. The van der Waals surface area contributed by atoms with Crippen molar-refractivity contribution in [3.8, 4) is 0 Å². The molecule has 1 unspecified atom stereocenters. The van der Waals surface area contributed by atoms with E-state index in [-0.39, 0.29) is 11.7 Å². The Morgan fingerprint density at radius 3 is 2.81 bits per heavy atom. The van der Waals surface area contributed by atoms with Crippen molar-refractivity contribution in [3.63, 3.8) is 0 Å². The first-order valence-corrected chi connectivity index (χ1v) is 8.98. The fraction of sp³-hybridized carbons (Fsp3) is 0.286. The van der Waals surface area contributed by atoms with Crippen LogP contribution in [0.15, 0.2) is 39.9 Å². The standard InChI is InChI=1S/C14H15FN2O2S2/c15-11-3-1-4-12(16)14(11)21(18,19)17-7-2-5-13(17)10-6-8-20-9-10/h1,3-4,6,8-9,13H,2,5,7,16H2. The van der Waals surface area contributed by atoms with Gasteiger partial charge in [0.05, 0.1) is 11.7 Å². The smallest absolute Gasteiger partial charge is 0.248 e. The number of nitrogen functional groups attached to an aromatic ring is 1. The van der Waals surface area contributed by atoms with Crippen molar-refractivity contribution >= 4 is 27.0 Å². The number of thiophene rings is 1. The third-order valence-corrected chi connectivity index (χ3v) is 6.40. The summed E-state index contributed by atoms with van der Waals surface area (Å²) in [5.41, 5.74) is 6.60. The molecule has 112 valence electrons. The molecule has 1 fully saturated rings. The minimum atomic E-state index is -3.94. The molecule has 0 saturated carbocycles. The first-order valence-electron chi connectivity index (χ1n) is 6.60. The quantitative estimate of drug-likeness (QED) is 0.882. The monoisotopic (exact) mass is 326 g/mol. The molecule has 1 saturated heterocycles. The third kappa shape index (κ3) is 2.45. The minimum Gasteiger partial charge on any atom is -0.398 e. The lowest BCUT2D eigenvalue weighted by Crippen LogP contribution is -2.31. The van der Waals surface area contributed by atoms with Gasteiger partial charge in [0, 0.05) is 6.54 Å². The maximum absolute atomic E-state index is 14.0. The molecule has 7 heteroatoms. The van der Waals surface area contributed by atoms with Gasteiger partial charge < -0.3 is 5.73 Å². The van der Waals surface area contributed by atoms with Gasteiger partial charge in [-0.2, -0.15) is 15.6 Å². The van der Waals surface area contributed by atoms with Crippen LogP contribution in [-0.4, -0.2) is 19.3 Å². The molecular weight excluding hydrogens is 311 g/mol. The first kappa shape index (κ1) is 14.5. The van der Waals surface area contributed by atoms with E-state index in [0.717, 1.165) is 24.5 Å². The van der Waals surface area contributed by atoms with Gasteiger partial charge in [-0.1, -0.05) is 6.07 Å². The summed E-state index contributed by atoms with van der Waals surface area (Å²) in [6.07, 6.45) is 1.50. The largest absolute Gasteiger partial charge is 0.398 e. The average Bonchev–Trinajstić information content (AvgIpc) is 3.09. The van der Waals surface area contributed by atoms with Gasteiger partial charge in [0.25, 0.3) is 0 Å². The molecule has 2 aromatic rings. The predicted molar refractivity (Wildman–Crippen MR) is 81.0 cm³/mol. The summed E-state index contributed by atoms with van der Waals surface area (Å²) in [4.78, 5) is -0.410. The molecule has 0 radical (unpaired) electrons. The van der Waals surface area contributed by atoms with Gasteiger partial charge in [0.1, 0.15) is 10.7 Å². The van der Waals surface area contributed by atoms with E-state index >= 15 is 0 Å². The summed E-state index contributed by atoms with van der Waals surface area (Å²) in [5, 5.41) is 3.85. The maximum Gasteiger partial charge on any atom is 0.248 e. The molecule has 1 aliphatic heterocycles. The lowest BCUT2D eigenvalue weighted by molar-refractivity contribution is 0.394. The number of hydrogen-bond acceptors (Lipinski definition) is 4. The number of hydrogen-bond donors (Lipinski definition) is 1. The Bertz CT molecular complexity index is 724. The predicted octanol–water partition coefficient (Wildman–Crippen LogP) is 3.00. The summed E-state index contributed by atoms with van der Waals surface area (Å²) in [5.74, 6) is -0.800. The number of benzene rings is 1. The molecule has 2 heterocycles. The number of sulfonamides is 1. The number of nitrogens with two attached hydrogens (primary N) is 1. The molecule has 21 heavy (non-hydrogen) atoms. The Morgan fingerprint density at radius 2 is 2.14 bits per heavy atom. The van der Waals surface area contributed by atoms with Crippen molar-refractivity contribution in [1.82, 2.24) is 4.31 Å². The van der Waals surface area contributed by atoms with Crippen LogP contribution in [0, 0.1) is 5.82 Å². The zero-order chi connectivity index (χ0) is 15.0. The topological polar surface area (TPSA) is 63.4 Å². The summed E-state index contributed by atoms with van der Waals surface area (Å²) < 4.78 is 40.9. The number of rotatable bonds is 3. The van der Waals surface area contributed by atoms with E-state index in [1.54, 1.807) is 0 Å². The molecule has 0 spiro atoms. The molecule has 2 N–H and O–H groups in total. The van der Waals surface area contributed by atoms with E-state index in [0.29, 0.717) is 6.54 Å². The average molecular weight is 326 g/mol. The van der Waals surface area contributed by atoms with E-state index in [1.165, 1.54) is 27.8 Å². The molecule has 0 amide bonds. The molecule has 3 rings (SSSR count). The fourth-order valence-electron chi connectivity index (χ4n) is 2.74. The summed E-state index contributed by atoms with van der Waals surface area (Å²) in [6, 6.07) is 5.61. The first-order chi connectivity index (χ1) is 10.0. The Morgan fingerprint density at radius 1 is 1.33 bits per heavy atom. The van der Waals surface area contributed by atoms with Crippen LogP contribution >= 0.6 is 11.3 Å². The molecule has 1 aromatic heterocycles. The van der Waals surface area contributed by atoms with Crippen molar-refractivity contribution in [3.05, 3.63) is 46.4 Å². The molecule has 0 bridgehead atoms. The van der Waals surface area contributed by atoms with Crippen LogP contribution in [0.2, 0.25) is 0 Å². The van der Waals surface area contributed by atoms with Crippen molar-refractivity contribution in [2.45, 2.75) is 23.8 Å². The molecular formula is C14H15FN2O2S2. The van der Waals surface area contributed by atoms with Crippen LogP contribution in [0.3, 0.4) is 0 Å². The Balaban J connectivity index is 2.06. The Hall–Kier alpha value is -1.44. The number of anilines is 1. The Kier molecular flexibility index (Phi) is 3.73. The summed E-state index contributed by atoms with van der Waals surface area (Å²) >= 11 is 1.52. The zero-order valence-electron chi connectivity index (χ0n) is 11.2. The van der Waals surface area contributed by atoms with Crippen molar-refractivity contribution in [1.29, 1.82) is 0 Å². The van der Waals surface area contributed by atoms with Crippen molar-refractivity contribution in [2.75, 3.05) is 12.3 Å². The second-order valence-corrected chi connectivity index (χ2v) is 7.60. The second-order valence-electron chi connectivity index (χ2n) is 4.99. The maximum atomic E-state index is 14.0. The molecule has 1 atom stereocenters. The highest BCUT2D eigenvalue weighted by Gasteiger charge is 2.38. The van der Waals surface area contributed by atoms with E-state index < -0.39 is 20.7 Å². The van der Waals surface area contributed by atoms with Crippen LogP contribution in [0.25, 0.3) is 0 Å². The molecule has 1 aromatic carbocycles. The van der Waals surface area contributed by atoms with E-state index in [4.69, 9.17) is 5.73 Å². The van der Waals surface area contributed by atoms with Gasteiger partial charge in [-0.25, -0.2) is 12.8 Å². The van der Waals surface area contributed by atoms with E-state index in [1.807, 2.05) is 16.8 Å². The van der Waals surface area contributed by atoms with Gasteiger partial charge in [0.2, 0.25) is 10.0 Å². The lowest BCUT2D eigenvalue weighted by atomic mass is 10.1. The van der Waals surface area contributed by atoms with Crippen LogP contribution in [-0.2, 0) is 10.0 Å². The van der Waals surface area contributed by atoms with Gasteiger partial charge in [-0.15, -0.1) is 0 Å². The van der Waals surface area contributed by atoms with E-state index in [9.17, 15) is 12.8 Å². The Labute approximate surface area is 127 Å². The minimum absolute atomic E-state index is 0.0500. The van der Waals surface area contributed by atoms with E-state index in [2.05, 4.69) is 0 Å². The van der Waals surface area contributed by atoms with Crippen LogP contribution in [0.4, 0.5) is 10.1 Å². The second kappa shape index (κ2) is 5.40. The van der Waals surface area contributed by atoms with Crippen LogP contribution in [0.5, 0.6) is 0 Å². The SMILES string of the molecule is Nc1cccc(F)c1S(=O)(=O)N1CCCC1c1ccsc1. The number of halogens is 1. The van der Waals surface area contributed by atoms with Crippen molar-refractivity contribution < 1.29 is 12.8 Å². The molecule has 4 nitrogen and oxygen atoms in total. The third-order valence-electron chi connectivity index (χ3n) is 3.70. The lowest BCUT2D eigenvalue weighted by Gasteiger charge is -2.24. The number of nitrogens with zero attached hydrogens (tertiary/aromatic N) is 1. The highest BCUT2D eigenvalue weighted by Crippen LogP contribution is 2.38. The van der Waals surface area contributed by atoms with Gasteiger partial charge in [-0.05, 0) is 47.4 Å². The normalized spacial score (nSPS) is 20.0. The summed E-state index contributed by atoms with van der Waals surface area (Å²) in [7, 11) is -3.94. The van der Waals surface area contributed by atoms with Gasteiger partial charge in [0.15, 0.2) is 0 Å². The molecule has 1 aliphatic rings. The van der Waals surface area contributed by atoms with Crippen LogP contribution < -0.4 is 5.73 Å². The van der Waals surface area contributed by atoms with Gasteiger partial charge >= 0.3 is 0 Å². The highest BCUT2D eigenvalue weighted by atomic mass is 32.2. The highest BCUT2D eigenvalue weighted by molar-refractivity contribution is 7.89. The van der Waals surface area contributed by atoms with Crippen LogP contribution in [0.1, 0.15) is 24.4 Å². The zero-order valence-corrected chi connectivity index (χ0v) is 12.8. The molecule has 0 aliphatic carbocycles. The van der Waals surface area contributed by atoms with Crippen molar-refractivity contribution in [2.24, 2.45) is 0 Å². The summed E-state index contributed by atoms with van der Waals surface area (Å²) in [6.45, 7) is 0.386. The van der Waals surface area contributed by atoms with Gasteiger partial charge in [-0.3, -0.25) is 0 Å².